The van der Waals surface area contributed by atoms with Gasteiger partial charge in [-0.2, -0.15) is 4.31 Å². The smallest absolute Gasteiger partial charge is 0.252 e. The van der Waals surface area contributed by atoms with Gasteiger partial charge in [0.25, 0.3) is 10.0 Å². The van der Waals surface area contributed by atoms with Crippen LogP contribution in [-0.2, 0) is 14.8 Å². The van der Waals surface area contributed by atoms with Crippen LogP contribution in [0.3, 0.4) is 0 Å². The van der Waals surface area contributed by atoms with Crippen LogP contribution in [0.2, 0.25) is 0 Å². The fourth-order valence-electron chi connectivity index (χ4n) is 2.02. The largest absolute Gasteiger partial charge is 0.394 e. The van der Waals surface area contributed by atoms with Gasteiger partial charge in [-0.05, 0) is 19.1 Å². The third-order valence-corrected chi connectivity index (χ3v) is 6.68. The molecule has 1 saturated heterocycles. The van der Waals surface area contributed by atoms with Crippen molar-refractivity contribution in [3.05, 3.63) is 17.0 Å². The van der Waals surface area contributed by atoms with Crippen LogP contribution in [-0.4, -0.2) is 54.7 Å². The molecule has 1 aliphatic heterocycles. The zero-order valence-corrected chi connectivity index (χ0v) is 13.3. The van der Waals surface area contributed by atoms with Crippen molar-refractivity contribution in [2.75, 3.05) is 19.7 Å². The van der Waals surface area contributed by atoms with Crippen LogP contribution in [0.25, 0.3) is 0 Å². The minimum Gasteiger partial charge on any atom is -0.394 e. The van der Waals surface area contributed by atoms with E-state index in [4.69, 9.17) is 27.8 Å². The average Bonchev–Trinajstić information content (AvgIpc) is 2.88. The fraction of sp³-hybridized carbons (Fsp3) is 0.545. The van der Waals surface area contributed by atoms with Crippen molar-refractivity contribution in [1.29, 1.82) is 0 Å². The first-order valence-electron chi connectivity index (χ1n) is 6.00. The molecule has 112 valence electrons. The van der Waals surface area contributed by atoms with Gasteiger partial charge in [-0.15, -0.1) is 11.3 Å². The number of nitrogens with zero attached hydrogens (tertiary/aromatic N) is 1. The van der Waals surface area contributed by atoms with E-state index in [1.54, 1.807) is 13.0 Å². The van der Waals surface area contributed by atoms with E-state index in [9.17, 15) is 8.42 Å². The molecule has 2 atom stereocenters. The Morgan fingerprint density at radius 3 is 2.85 bits per heavy atom. The lowest BCUT2D eigenvalue weighted by Crippen LogP contribution is -2.50. The topological polar surface area (TPSA) is 92.9 Å². The second-order valence-corrected chi connectivity index (χ2v) is 8.24. The summed E-state index contributed by atoms with van der Waals surface area (Å²) in [4.78, 5) is 0.749. The summed E-state index contributed by atoms with van der Waals surface area (Å²) in [5.74, 6) is 0. The highest BCUT2D eigenvalue weighted by Gasteiger charge is 2.34. The highest BCUT2D eigenvalue weighted by atomic mass is 32.2. The SMILES string of the molecule is CC1CN(S(=O)(=O)c2ccc(C(N)=S)s2)CC(CO)O1. The lowest BCUT2D eigenvalue weighted by Gasteiger charge is -2.34. The van der Waals surface area contributed by atoms with E-state index < -0.39 is 16.1 Å². The molecule has 20 heavy (non-hydrogen) atoms. The van der Waals surface area contributed by atoms with Gasteiger partial charge in [0.05, 0.1) is 23.7 Å². The zero-order chi connectivity index (χ0) is 14.9. The molecule has 0 aromatic carbocycles. The lowest BCUT2D eigenvalue weighted by atomic mass is 10.2. The van der Waals surface area contributed by atoms with Gasteiger partial charge < -0.3 is 15.6 Å². The molecule has 1 aliphatic rings. The molecule has 0 radical (unpaired) electrons. The van der Waals surface area contributed by atoms with E-state index in [2.05, 4.69) is 0 Å². The second kappa shape index (κ2) is 6.04. The molecule has 1 fully saturated rings. The number of nitrogens with two attached hydrogens (primary N) is 1. The van der Waals surface area contributed by atoms with Crippen LogP contribution >= 0.6 is 23.6 Å². The van der Waals surface area contributed by atoms with Crippen molar-refractivity contribution in [3.8, 4) is 0 Å². The zero-order valence-electron chi connectivity index (χ0n) is 10.9. The molecule has 2 rings (SSSR count). The molecule has 2 heterocycles. The molecular weight excluding hydrogens is 320 g/mol. The minimum atomic E-state index is -3.61. The van der Waals surface area contributed by atoms with Gasteiger partial charge in [0.2, 0.25) is 0 Å². The molecular formula is C11H16N2O4S3. The van der Waals surface area contributed by atoms with Crippen molar-refractivity contribution >= 4 is 38.6 Å². The molecule has 0 bridgehead atoms. The van der Waals surface area contributed by atoms with Crippen LogP contribution < -0.4 is 5.73 Å². The number of hydrogen-bond donors (Lipinski definition) is 2. The Balaban J connectivity index is 2.26. The summed E-state index contributed by atoms with van der Waals surface area (Å²) in [6.45, 7) is 1.97. The number of morpholine rings is 1. The molecule has 0 aliphatic carbocycles. The molecule has 9 heteroatoms. The minimum absolute atomic E-state index is 0.142. The second-order valence-electron chi connectivity index (χ2n) is 4.56. The molecule has 1 aromatic rings. The van der Waals surface area contributed by atoms with Crippen LogP contribution in [0, 0.1) is 0 Å². The van der Waals surface area contributed by atoms with Crippen molar-refractivity contribution < 1.29 is 18.3 Å². The molecule has 0 spiro atoms. The van der Waals surface area contributed by atoms with Gasteiger partial charge in [0, 0.05) is 13.1 Å². The van der Waals surface area contributed by atoms with Crippen LogP contribution in [0.4, 0.5) is 0 Å². The Labute approximate surface area is 127 Å². The maximum absolute atomic E-state index is 12.5. The monoisotopic (exact) mass is 336 g/mol. The van der Waals surface area contributed by atoms with E-state index in [1.165, 1.54) is 10.4 Å². The molecule has 1 aromatic heterocycles. The van der Waals surface area contributed by atoms with Gasteiger partial charge in [0.1, 0.15) is 9.20 Å². The van der Waals surface area contributed by atoms with Crippen molar-refractivity contribution in [2.45, 2.75) is 23.3 Å². The molecule has 6 nitrogen and oxygen atoms in total. The first-order valence-corrected chi connectivity index (χ1v) is 8.67. The number of aliphatic hydroxyl groups excluding tert-OH is 1. The van der Waals surface area contributed by atoms with E-state index in [0.717, 1.165) is 11.3 Å². The fourth-order valence-corrected chi connectivity index (χ4v) is 5.07. The Bertz CT molecular complexity index is 599. The summed E-state index contributed by atoms with van der Waals surface area (Å²) in [5, 5.41) is 9.16. The van der Waals surface area contributed by atoms with E-state index in [-0.39, 0.29) is 35.0 Å². The van der Waals surface area contributed by atoms with E-state index in [1.807, 2.05) is 0 Å². The molecule has 3 N–H and O–H groups in total. The van der Waals surface area contributed by atoms with Crippen molar-refractivity contribution in [2.24, 2.45) is 5.73 Å². The number of rotatable bonds is 4. The van der Waals surface area contributed by atoms with Crippen LogP contribution in [0.15, 0.2) is 16.3 Å². The van der Waals surface area contributed by atoms with Crippen LogP contribution in [0.1, 0.15) is 11.8 Å². The Kier molecular flexibility index (Phi) is 4.77. The van der Waals surface area contributed by atoms with Gasteiger partial charge >= 0.3 is 0 Å². The molecule has 0 amide bonds. The summed E-state index contributed by atoms with van der Waals surface area (Å²) in [7, 11) is -3.61. The van der Waals surface area contributed by atoms with Gasteiger partial charge in [0.15, 0.2) is 0 Å². The number of hydrogen-bond acceptors (Lipinski definition) is 6. The Morgan fingerprint density at radius 1 is 1.60 bits per heavy atom. The molecule has 2 unspecified atom stereocenters. The third-order valence-electron chi connectivity index (χ3n) is 2.91. The Hall–Kier alpha value is -0.580. The number of thiophene rings is 1. The lowest BCUT2D eigenvalue weighted by molar-refractivity contribution is -0.0750. The summed E-state index contributed by atoms with van der Waals surface area (Å²) in [5.41, 5.74) is 5.49. The highest BCUT2D eigenvalue weighted by Crippen LogP contribution is 2.27. The van der Waals surface area contributed by atoms with Crippen LogP contribution in [0.5, 0.6) is 0 Å². The number of ether oxygens (including phenoxy) is 1. The summed E-state index contributed by atoms with van der Waals surface area (Å²) in [6.07, 6.45) is -0.755. The Morgan fingerprint density at radius 2 is 2.30 bits per heavy atom. The molecule has 0 saturated carbocycles. The summed E-state index contributed by atoms with van der Waals surface area (Å²) < 4.78 is 32.1. The number of sulfonamides is 1. The van der Waals surface area contributed by atoms with Gasteiger partial charge in [-0.1, -0.05) is 12.2 Å². The predicted octanol–water partition coefficient (Wildman–Crippen LogP) is 0.153. The third kappa shape index (κ3) is 3.18. The summed E-state index contributed by atoms with van der Waals surface area (Å²) in [6, 6.07) is 3.11. The average molecular weight is 336 g/mol. The summed E-state index contributed by atoms with van der Waals surface area (Å²) >= 11 is 5.89. The van der Waals surface area contributed by atoms with Gasteiger partial charge in [-0.3, -0.25) is 0 Å². The van der Waals surface area contributed by atoms with E-state index in [0.29, 0.717) is 4.88 Å². The van der Waals surface area contributed by atoms with E-state index >= 15 is 0 Å². The van der Waals surface area contributed by atoms with Gasteiger partial charge in [-0.25, -0.2) is 8.42 Å². The number of thiocarbonyl (C=S) groups is 1. The quantitative estimate of drug-likeness (QED) is 0.761. The highest BCUT2D eigenvalue weighted by molar-refractivity contribution is 7.91. The van der Waals surface area contributed by atoms with Crippen molar-refractivity contribution in [3.63, 3.8) is 0 Å². The maximum Gasteiger partial charge on any atom is 0.252 e. The first kappa shape index (κ1) is 15.8. The van der Waals surface area contributed by atoms with Crippen molar-refractivity contribution in [1.82, 2.24) is 4.31 Å². The standard InChI is InChI=1S/C11H16N2O4S3/c1-7-4-13(5-8(6-14)17-7)20(15,16)10-3-2-9(19-10)11(12)18/h2-3,7-8,14H,4-6H2,1H3,(H2,12,18). The number of aliphatic hydroxyl groups is 1. The first-order chi connectivity index (χ1) is 9.34. The predicted molar refractivity (Wildman–Crippen MR) is 80.4 cm³/mol. The maximum atomic E-state index is 12.5. The normalized spacial score (nSPS) is 24.7.